The molecule has 112 valence electrons. The normalized spacial score (nSPS) is 25.5. The van der Waals surface area contributed by atoms with Gasteiger partial charge >= 0.3 is 0 Å². The third kappa shape index (κ3) is 2.16. The highest BCUT2D eigenvalue weighted by molar-refractivity contribution is 6.30. The van der Waals surface area contributed by atoms with Gasteiger partial charge in [0, 0.05) is 16.6 Å². The van der Waals surface area contributed by atoms with Crippen LogP contribution in [0.1, 0.15) is 40.6 Å². The van der Waals surface area contributed by atoms with E-state index in [1.54, 1.807) is 0 Å². The predicted octanol–water partition coefficient (Wildman–Crippen LogP) is 5.78. The van der Waals surface area contributed by atoms with Crippen LogP contribution in [0, 0.1) is 19.8 Å². The maximum atomic E-state index is 6.22. The minimum absolute atomic E-state index is 0.326. The number of rotatable bonds is 1. The minimum Gasteiger partial charge on any atom is -0.377 e. The Morgan fingerprint density at radius 3 is 2.82 bits per heavy atom. The molecule has 2 aliphatic rings. The molecule has 1 heterocycles. The van der Waals surface area contributed by atoms with Crippen molar-refractivity contribution in [3.63, 3.8) is 0 Å². The van der Waals surface area contributed by atoms with Crippen LogP contribution in [0.3, 0.4) is 0 Å². The summed E-state index contributed by atoms with van der Waals surface area (Å²) in [6.45, 7) is 4.39. The number of benzene rings is 2. The summed E-state index contributed by atoms with van der Waals surface area (Å²) in [5, 5.41) is 4.62. The van der Waals surface area contributed by atoms with Gasteiger partial charge in [-0.3, -0.25) is 0 Å². The lowest BCUT2D eigenvalue weighted by molar-refractivity contribution is 0.425. The molecule has 1 aliphatic carbocycles. The second kappa shape index (κ2) is 5.17. The van der Waals surface area contributed by atoms with Crippen molar-refractivity contribution in [1.82, 2.24) is 0 Å². The molecule has 0 aromatic heterocycles. The van der Waals surface area contributed by atoms with E-state index in [0.717, 1.165) is 11.4 Å². The van der Waals surface area contributed by atoms with Crippen LogP contribution in [0.4, 0.5) is 5.69 Å². The Morgan fingerprint density at radius 1 is 1.14 bits per heavy atom. The van der Waals surface area contributed by atoms with Crippen molar-refractivity contribution < 1.29 is 0 Å². The van der Waals surface area contributed by atoms with E-state index in [1.165, 1.54) is 27.9 Å². The number of nitrogens with one attached hydrogen (secondary N) is 1. The molecule has 2 aromatic rings. The maximum Gasteiger partial charge on any atom is 0.0554 e. The van der Waals surface area contributed by atoms with Gasteiger partial charge in [0.2, 0.25) is 0 Å². The van der Waals surface area contributed by atoms with Gasteiger partial charge in [-0.15, -0.1) is 0 Å². The second-order valence-electron chi connectivity index (χ2n) is 6.58. The quantitative estimate of drug-likeness (QED) is 0.658. The molecule has 0 saturated heterocycles. The van der Waals surface area contributed by atoms with Crippen LogP contribution in [0.2, 0.25) is 5.02 Å². The lowest BCUT2D eigenvalue weighted by Crippen LogP contribution is -2.29. The monoisotopic (exact) mass is 309 g/mol. The molecule has 1 aliphatic heterocycles. The summed E-state index contributed by atoms with van der Waals surface area (Å²) in [4.78, 5) is 0. The van der Waals surface area contributed by atoms with Gasteiger partial charge in [-0.25, -0.2) is 0 Å². The molecule has 4 rings (SSSR count). The topological polar surface area (TPSA) is 12.0 Å². The molecule has 0 unspecified atom stereocenters. The first-order valence-electron chi connectivity index (χ1n) is 7.93. The van der Waals surface area contributed by atoms with Crippen molar-refractivity contribution in [3.05, 3.63) is 75.8 Å². The van der Waals surface area contributed by atoms with E-state index < -0.39 is 0 Å². The minimum atomic E-state index is 0.326. The smallest absolute Gasteiger partial charge is 0.0554 e. The molecule has 22 heavy (non-hydrogen) atoms. The van der Waals surface area contributed by atoms with E-state index in [4.69, 9.17) is 11.6 Å². The van der Waals surface area contributed by atoms with Crippen LogP contribution >= 0.6 is 11.6 Å². The molecule has 0 amide bonds. The molecule has 0 bridgehead atoms. The highest BCUT2D eigenvalue weighted by Crippen LogP contribution is 2.50. The molecule has 1 N–H and O–H groups in total. The van der Waals surface area contributed by atoms with Crippen molar-refractivity contribution in [2.75, 3.05) is 5.32 Å². The fourth-order valence-corrected chi connectivity index (χ4v) is 4.30. The first-order chi connectivity index (χ1) is 10.6. The average molecular weight is 310 g/mol. The molecule has 0 fully saturated rings. The highest BCUT2D eigenvalue weighted by atomic mass is 35.5. The van der Waals surface area contributed by atoms with Crippen LogP contribution in [-0.2, 0) is 0 Å². The van der Waals surface area contributed by atoms with Crippen molar-refractivity contribution in [1.29, 1.82) is 0 Å². The third-order valence-corrected chi connectivity index (χ3v) is 5.25. The van der Waals surface area contributed by atoms with E-state index in [9.17, 15) is 0 Å². The molecular weight excluding hydrogens is 290 g/mol. The van der Waals surface area contributed by atoms with Crippen LogP contribution in [0.25, 0.3) is 0 Å². The van der Waals surface area contributed by atoms with Crippen molar-refractivity contribution in [3.8, 4) is 0 Å². The summed E-state index contributed by atoms with van der Waals surface area (Å²) in [6, 6.07) is 13.2. The lowest BCUT2D eigenvalue weighted by Gasteiger charge is -2.38. The van der Waals surface area contributed by atoms with Gasteiger partial charge in [0.15, 0.2) is 0 Å². The Kier molecular flexibility index (Phi) is 3.27. The summed E-state index contributed by atoms with van der Waals surface area (Å²) < 4.78 is 0. The molecule has 2 aromatic carbocycles. The summed E-state index contributed by atoms with van der Waals surface area (Å²) in [6.07, 6.45) is 5.85. The van der Waals surface area contributed by atoms with Gasteiger partial charge in [0.1, 0.15) is 0 Å². The summed E-state index contributed by atoms with van der Waals surface area (Å²) in [7, 11) is 0. The van der Waals surface area contributed by atoms with Gasteiger partial charge in [-0.2, -0.15) is 0 Å². The Labute approximate surface area is 137 Å². The van der Waals surface area contributed by atoms with Crippen molar-refractivity contribution in [2.24, 2.45) is 5.92 Å². The zero-order valence-corrected chi connectivity index (χ0v) is 13.7. The summed E-state index contributed by atoms with van der Waals surface area (Å²) in [5.41, 5.74) is 6.73. The van der Waals surface area contributed by atoms with E-state index in [-0.39, 0.29) is 0 Å². The number of hydrogen-bond acceptors (Lipinski definition) is 1. The van der Waals surface area contributed by atoms with Gasteiger partial charge in [0.05, 0.1) is 6.04 Å². The number of hydrogen-bond donors (Lipinski definition) is 1. The van der Waals surface area contributed by atoms with E-state index in [1.807, 2.05) is 12.1 Å². The molecule has 0 spiro atoms. The fraction of sp³-hybridized carbons (Fsp3) is 0.300. The van der Waals surface area contributed by atoms with Gasteiger partial charge in [0.25, 0.3) is 0 Å². The highest BCUT2D eigenvalue weighted by Gasteiger charge is 2.38. The number of fused-ring (bicyclic) bond motifs is 3. The molecule has 0 radical (unpaired) electrons. The van der Waals surface area contributed by atoms with Crippen molar-refractivity contribution in [2.45, 2.75) is 32.2 Å². The fourth-order valence-electron chi connectivity index (χ4n) is 4.10. The first kappa shape index (κ1) is 13.9. The Morgan fingerprint density at radius 2 is 2.00 bits per heavy atom. The van der Waals surface area contributed by atoms with E-state index >= 15 is 0 Å². The van der Waals surface area contributed by atoms with Gasteiger partial charge in [-0.05, 0) is 55.0 Å². The van der Waals surface area contributed by atoms with Crippen LogP contribution in [-0.4, -0.2) is 0 Å². The van der Waals surface area contributed by atoms with Gasteiger partial charge < -0.3 is 5.32 Å². The lowest BCUT2D eigenvalue weighted by atomic mass is 9.76. The average Bonchev–Trinajstić information content (AvgIpc) is 2.96. The maximum absolute atomic E-state index is 6.22. The number of halogens is 1. The van der Waals surface area contributed by atoms with E-state index in [2.05, 4.69) is 55.6 Å². The zero-order valence-electron chi connectivity index (χ0n) is 12.9. The number of allylic oxidation sites excluding steroid dienone is 2. The van der Waals surface area contributed by atoms with Crippen LogP contribution < -0.4 is 5.32 Å². The third-order valence-electron chi connectivity index (χ3n) is 5.02. The summed E-state index contributed by atoms with van der Waals surface area (Å²) >= 11 is 6.22. The molecule has 2 heteroatoms. The predicted molar refractivity (Wildman–Crippen MR) is 93.7 cm³/mol. The Balaban J connectivity index is 1.84. The van der Waals surface area contributed by atoms with Crippen molar-refractivity contribution >= 4 is 17.3 Å². The largest absolute Gasteiger partial charge is 0.377 e. The Hall–Kier alpha value is -1.73. The number of aryl methyl sites for hydroxylation is 2. The standard InChI is InChI=1S/C20H20ClN/c1-12-9-13(2)19-18(10-12)16-7-4-8-17(16)20(22-19)14-5-3-6-15(21)11-14/h3-7,9-11,16-17,20,22H,8H2,1-2H3/t16-,17-,20+/m1/s1. The van der Waals surface area contributed by atoms with E-state index in [0.29, 0.717) is 17.9 Å². The SMILES string of the molecule is Cc1cc(C)c2c(c1)[C@@H]1C=CC[C@H]1[C@H](c1cccc(Cl)c1)N2. The molecular formula is C20H20ClN. The molecule has 3 atom stereocenters. The first-order valence-corrected chi connectivity index (χ1v) is 8.31. The molecule has 0 saturated carbocycles. The number of anilines is 1. The van der Waals surface area contributed by atoms with Crippen LogP contribution in [0.15, 0.2) is 48.6 Å². The van der Waals surface area contributed by atoms with Crippen LogP contribution in [0.5, 0.6) is 0 Å². The molecule has 1 nitrogen and oxygen atoms in total. The Bertz CT molecular complexity index is 762. The second-order valence-corrected chi connectivity index (χ2v) is 7.01. The zero-order chi connectivity index (χ0) is 15.3. The summed E-state index contributed by atoms with van der Waals surface area (Å²) in [5.74, 6) is 1.09. The van der Waals surface area contributed by atoms with Gasteiger partial charge in [-0.1, -0.05) is 53.6 Å².